The zero-order valence-electron chi connectivity index (χ0n) is 10.5. The maximum atomic E-state index is 12.8. The number of hydrogen-bond acceptors (Lipinski definition) is 3. The van der Waals surface area contributed by atoms with Gasteiger partial charge in [0.05, 0.1) is 5.02 Å². The minimum Gasteiger partial charge on any atom is -0.479 e. The smallest absolute Gasteiger partial charge is 0.321 e. The number of carbonyl (C=O) groups is 2. The number of imide groups is 1. The molecular formula is C12H14ClFN2O3. The van der Waals surface area contributed by atoms with Crippen LogP contribution in [0.2, 0.25) is 5.02 Å². The van der Waals surface area contributed by atoms with Crippen molar-refractivity contribution in [3.8, 4) is 5.75 Å². The van der Waals surface area contributed by atoms with Gasteiger partial charge in [-0.3, -0.25) is 10.1 Å². The van der Waals surface area contributed by atoms with E-state index in [2.05, 4.69) is 10.6 Å². The number of amides is 3. The Hall–Kier alpha value is -1.82. The standard InChI is InChI=1S/C12H14ClFN2O3/c1-3-15-12(18)16-11(17)7(2)19-10-5-4-8(14)6-9(10)13/h4-7H,3H2,1-2H3,(H2,15,16,17,18). The molecular weight excluding hydrogens is 275 g/mol. The van der Waals surface area contributed by atoms with Crippen molar-refractivity contribution in [1.82, 2.24) is 10.6 Å². The van der Waals surface area contributed by atoms with Crippen molar-refractivity contribution < 1.29 is 18.7 Å². The number of rotatable bonds is 4. The van der Waals surface area contributed by atoms with Crippen LogP contribution in [0.5, 0.6) is 5.75 Å². The van der Waals surface area contributed by atoms with Crippen LogP contribution in [0.25, 0.3) is 0 Å². The van der Waals surface area contributed by atoms with Gasteiger partial charge in [0.2, 0.25) is 0 Å². The maximum absolute atomic E-state index is 12.8. The number of carbonyl (C=O) groups excluding carboxylic acids is 2. The molecule has 0 heterocycles. The van der Waals surface area contributed by atoms with Crippen LogP contribution in [0.3, 0.4) is 0 Å². The van der Waals surface area contributed by atoms with Gasteiger partial charge < -0.3 is 10.1 Å². The SMILES string of the molecule is CCNC(=O)NC(=O)C(C)Oc1ccc(F)cc1Cl. The van der Waals surface area contributed by atoms with E-state index in [0.29, 0.717) is 6.54 Å². The van der Waals surface area contributed by atoms with E-state index in [4.69, 9.17) is 16.3 Å². The first-order valence-electron chi connectivity index (χ1n) is 5.64. The predicted octanol–water partition coefficient (Wildman–Crippen LogP) is 2.09. The van der Waals surface area contributed by atoms with Gasteiger partial charge in [0, 0.05) is 6.54 Å². The summed E-state index contributed by atoms with van der Waals surface area (Å²) >= 11 is 5.76. The number of ether oxygens (including phenoxy) is 1. The van der Waals surface area contributed by atoms with Crippen molar-refractivity contribution >= 4 is 23.5 Å². The van der Waals surface area contributed by atoms with Crippen molar-refractivity contribution in [3.05, 3.63) is 29.0 Å². The van der Waals surface area contributed by atoms with Crippen LogP contribution in [0.1, 0.15) is 13.8 Å². The second kappa shape index (κ2) is 6.94. The first kappa shape index (κ1) is 15.2. The van der Waals surface area contributed by atoms with Crippen LogP contribution in [0, 0.1) is 5.82 Å². The van der Waals surface area contributed by atoms with Gasteiger partial charge in [0.1, 0.15) is 11.6 Å². The van der Waals surface area contributed by atoms with Crippen molar-refractivity contribution in [2.24, 2.45) is 0 Å². The molecule has 0 saturated heterocycles. The molecule has 1 rings (SSSR count). The van der Waals surface area contributed by atoms with E-state index in [9.17, 15) is 14.0 Å². The van der Waals surface area contributed by atoms with Crippen LogP contribution in [-0.4, -0.2) is 24.6 Å². The summed E-state index contributed by atoms with van der Waals surface area (Å²) < 4.78 is 18.1. The Morgan fingerprint density at radius 2 is 2.16 bits per heavy atom. The fraction of sp³-hybridized carbons (Fsp3) is 0.333. The predicted molar refractivity (Wildman–Crippen MR) is 68.7 cm³/mol. The normalized spacial score (nSPS) is 11.6. The highest BCUT2D eigenvalue weighted by Gasteiger charge is 2.18. The summed E-state index contributed by atoms with van der Waals surface area (Å²) in [6.07, 6.45) is -0.939. The summed E-state index contributed by atoms with van der Waals surface area (Å²) in [5.74, 6) is -0.954. The first-order chi connectivity index (χ1) is 8.93. The van der Waals surface area contributed by atoms with Crippen molar-refractivity contribution in [2.45, 2.75) is 20.0 Å². The Balaban J connectivity index is 2.61. The summed E-state index contributed by atoms with van der Waals surface area (Å²) in [5, 5.41) is 4.57. The highest BCUT2D eigenvalue weighted by molar-refractivity contribution is 6.32. The van der Waals surface area contributed by atoms with E-state index < -0.39 is 23.9 Å². The van der Waals surface area contributed by atoms with Gasteiger partial charge in [-0.2, -0.15) is 0 Å². The minimum absolute atomic E-state index is 0.0534. The molecule has 0 aliphatic heterocycles. The van der Waals surface area contributed by atoms with Crippen LogP contribution in [0.15, 0.2) is 18.2 Å². The lowest BCUT2D eigenvalue weighted by Crippen LogP contribution is -2.45. The van der Waals surface area contributed by atoms with E-state index >= 15 is 0 Å². The fourth-order valence-electron chi connectivity index (χ4n) is 1.23. The molecule has 0 bridgehead atoms. The maximum Gasteiger partial charge on any atom is 0.321 e. The van der Waals surface area contributed by atoms with Gasteiger partial charge in [-0.05, 0) is 32.0 Å². The van der Waals surface area contributed by atoms with Gasteiger partial charge in [-0.1, -0.05) is 11.6 Å². The fourth-order valence-corrected chi connectivity index (χ4v) is 1.44. The number of benzene rings is 1. The quantitative estimate of drug-likeness (QED) is 0.891. The molecule has 1 unspecified atom stereocenters. The van der Waals surface area contributed by atoms with Gasteiger partial charge in [-0.25, -0.2) is 9.18 Å². The van der Waals surface area contributed by atoms with Crippen molar-refractivity contribution in [3.63, 3.8) is 0 Å². The van der Waals surface area contributed by atoms with Gasteiger partial charge in [0.15, 0.2) is 6.10 Å². The lowest BCUT2D eigenvalue weighted by Gasteiger charge is -2.15. The molecule has 1 atom stereocenters. The molecule has 1 aromatic carbocycles. The molecule has 0 fully saturated rings. The third-order valence-corrected chi connectivity index (χ3v) is 2.44. The van der Waals surface area contributed by atoms with Gasteiger partial charge in [0.25, 0.3) is 5.91 Å². The summed E-state index contributed by atoms with van der Waals surface area (Å²) in [5.41, 5.74) is 0. The van der Waals surface area contributed by atoms with Crippen LogP contribution >= 0.6 is 11.6 Å². The summed E-state index contributed by atoms with van der Waals surface area (Å²) in [7, 11) is 0. The monoisotopic (exact) mass is 288 g/mol. The third kappa shape index (κ3) is 4.75. The molecule has 0 spiro atoms. The van der Waals surface area contributed by atoms with E-state index in [0.717, 1.165) is 12.1 Å². The molecule has 104 valence electrons. The topological polar surface area (TPSA) is 67.4 Å². The van der Waals surface area contributed by atoms with Crippen LogP contribution < -0.4 is 15.4 Å². The summed E-state index contributed by atoms with van der Waals surface area (Å²) in [4.78, 5) is 22.7. The van der Waals surface area contributed by atoms with Crippen LogP contribution in [0.4, 0.5) is 9.18 Å². The van der Waals surface area contributed by atoms with Crippen molar-refractivity contribution in [2.75, 3.05) is 6.54 Å². The Bertz CT molecular complexity index is 482. The largest absolute Gasteiger partial charge is 0.479 e. The third-order valence-electron chi connectivity index (χ3n) is 2.14. The second-order valence-corrected chi connectivity index (χ2v) is 4.09. The Morgan fingerprint density at radius 3 is 2.74 bits per heavy atom. The molecule has 1 aromatic rings. The molecule has 0 aliphatic carbocycles. The average Bonchev–Trinajstić information content (AvgIpc) is 2.32. The number of urea groups is 1. The van der Waals surface area contributed by atoms with Gasteiger partial charge >= 0.3 is 6.03 Å². The molecule has 3 amide bonds. The highest BCUT2D eigenvalue weighted by Crippen LogP contribution is 2.25. The highest BCUT2D eigenvalue weighted by atomic mass is 35.5. The van der Waals surface area contributed by atoms with E-state index in [1.165, 1.54) is 13.0 Å². The number of nitrogens with one attached hydrogen (secondary N) is 2. The zero-order chi connectivity index (χ0) is 14.4. The molecule has 0 radical (unpaired) electrons. The summed E-state index contributed by atoms with van der Waals surface area (Å²) in [6, 6.07) is 2.95. The Kier molecular flexibility index (Phi) is 5.57. The molecule has 0 saturated carbocycles. The molecule has 0 aromatic heterocycles. The average molecular weight is 289 g/mol. The lowest BCUT2D eigenvalue weighted by atomic mass is 10.3. The van der Waals surface area contributed by atoms with E-state index in [1.54, 1.807) is 6.92 Å². The first-order valence-corrected chi connectivity index (χ1v) is 6.02. The minimum atomic E-state index is -0.939. The number of hydrogen-bond donors (Lipinski definition) is 2. The molecule has 7 heteroatoms. The lowest BCUT2D eigenvalue weighted by molar-refractivity contribution is -0.126. The molecule has 19 heavy (non-hydrogen) atoms. The molecule has 0 aliphatic rings. The molecule has 2 N–H and O–H groups in total. The van der Waals surface area contributed by atoms with Gasteiger partial charge in [-0.15, -0.1) is 0 Å². The summed E-state index contributed by atoms with van der Waals surface area (Å²) in [6.45, 7) is 3.58. The Labute approximate surface area is 115 Å². The van der Waals surface area contributed by atoms with Crippen molar-refractivity contribution in [1.29, 1.82) is 0 Å². The van der Waals surface area contributed by atoms with E-state index in [-0.39, 0.29) is 10.8 Å². The Morgan fingerprint density at radius 1 is 1.47 bits per heavy atom. The van der Waals surface area contributed by atoms with Crippen LogP contribution in [-0.2, 0) is 4.79 Å². The zero-order valence-corrected chi connectivity index (χ0v) is 11.3. The second-order valence-electron chi connectivity index (χ2n) is 3.68. The molecule has 5 nitrogen and oxygen atoms in total. The van der Waals surface area contributed by atoms with E-state index in [1.807, 2.05) is 0 Å². The number of halogens is 2.